The molecule has 1 amide bonds. The average molecular weight is 474 g/mol. The highest BCUT2D eigenvalue weighted by atomic mass is 79.9. The Bertz CT molecular complexity index is 946. The van der Waals surface area contributed by atoms with Crippen LogP contribution in [0.25, 0.3) is 6.08 Å². The predicted octanol–water partition coefficient (Wildman–Crippen LogP) is 6.04. The van der Waals surface area contributed by atoms with Crippen LogP contribution in [0.15, 0.2) is 52.5 Å². The number of hydrogen-bond donors (Lipinski definition) is 1. The minimum Gasteiger partial charge on any atom is -0.488 e. The molecule has 0 saturated heterocycles. The first kappa shape index (κ1) is 21.4. The molecule has 0 aromatic heterocycles. The molecule has 1 N–H and O–H groups in total. The Hall–Kier alpha value is -2.29. The number of rotatable bonds is 6. The highest BCUT2D eigenvalue weighted by Gasteiger charge is 2.18. The fourth-order valence-corrected chi connectivity index (χ4v) is 4.02. The summed E-state index contributed by atoms with van der Waals surface area (Å²) >= 11 is 9.66. The maximum Gasteiger partial charge on any atom is 0.262 e. The molecular weight excluding hydrogens is 452 g/mol. The molecule has 1 fully saturated rings. The van der Waals surface area contributed by atoms with E-state index in [1.165, 1.54) is 6.42 Å². The van der Waals surface area contributed by atoms with Crippen molar-refractivity contribution in [1.29, 1.82) is 5.26 Å². The van der Waals surface area contributed by atoms with E-state index in [0.717, 1.165) is 41.3 Å². The summed E-state index contributed by atoms with van der Waals surface area (Å²) in [5.41, 5.74) is 1.75. The molecule has 0 unspecified atom stereocenters. The van der Waals surface area contributed by atoms with Crippen LogP contribution in [-0.4, -0.2) is 11.9 Å². The summed E-state index contributed by atoms with van der Waals surface area (Å²) in [6.45, 7) is 0.348. The van der Waals surface area contributed by atoms with Crippen LogP contribution in [0, 0.1) is 11.3 Å². The Morgan fingerprint density at radius 2 is 2.00 bits per heavy atom. The third-order valence-corrected chi connectivity index (χ3v) is 5.90. The summed E-state index contributed by atoms with van der Waals surface area (Å²) < 4.78 is 6.58. The van der Waals surface area contributed by atoms with Crippen LogP contribution in [0.2, 0.25) is 5.02 Å². The number of benzene rings is 2. The minimum atomic E-state index is -0.311. The second-order valence-electron chi connectivity index (χ2n) is 7.05. The molecule has 0 bridgehead atoms. The Morgan fingerprint density at radius 1 is 1.24 bits per heavy atom. The van der Waals surface area contributed by atoms with Gasteiger partial charge in [-0.05, 0) is 58.6 Å². The van der Waals surface area contributed by atoms with E-state index in [4.69, 9.17) is 16.3 Å². The van der Waals surface area contributed by atoms with Gasteiger partial charge in [0.05, 0.1) is 4.47 Å². The van der Waals surface area contributed by atoms with Gasteiger partial charge < -0.3 is 10.1 Å². The summed E-state index contributed by atoms with van der Waals surface area (Å²) in [5.74, 6) is 0.349. The smallest absolute Gasteiger partial charge is 0.262 e. The van der Waals surface area contributed by atoms with E-state index >= 15 is 0 Å². The van der Waals surface area contributed by atoms with Crippen LogP contribution in [0.5, 0.6) is 5.75 Å². The number of amides is 1. The number of nitrogens with zero attached hydrogens (tertiary/aromatic N) is 1. The van der Waals surface area contributed by atoms with Gasteiger partial charge in [0.1, 0.15) is 24.0 Å². The number of halogens is 2. The maximum atomic E-state index is 12.4. The van der Waals surface area contributed by atoms with Crippen molar-refractivity contribution in [2.45, 2.75) is 44.8 Å². The number of nitriles is 1. The second kappa shape index (κ2) is 10.5. The molecule has 29 heavy (non-hydrogen) atoms. The summed E-state index contributed by atoms with van der Waals surface area (Å²) in [6, 6.07) is 15.2. The van der Waals surface area contributed by atoms with Crippen LogP contribution in [0.3, 0.4) is 0 Å². The van der Waals surface area contributed by atoms with Crippen LogP contribution < -0.4 is 10.1 Å². The van der Waals surface area contributed by atoms with E-state index in [2.05, 4.69) is 21.2 Å². The van der Waals surface area contributed by atoms with Gasteiger partial charge in [-0.25, -0.2) is 0 Å². The summed E-state index contributed by atoms with van der Waals surface area (Å²) in [4.78, 5) is 12.4. The van der Waals surface area contributed by atoms with E-state index in [-0.39, 0.29) is 17.5 Å². The van der Waals surface area contributed by atoms with E-state index in [0.29, 0.717) is 17.4 Å². The quantitative estimate of drug-likeness (QED) is 0.411. The molecule has 150 valence electrons. The summed E-state index contributed by atoms with van der Waals surface area (Å²) in [5, 5.41) is 13.1. The van der Waals surface area contributed by atoms with Crippen LogP contribution in [0.4, 0.5) is 0 Å². The minimum absolute atomic E-state index is 0.104. The van der Waals surface area contributed by atoms with Gasteiger partial charge in [-0.2, -0.15) is 5.26 Å². The molecule has 0 spiro atoms. The molecule has 4 nitrogen and oxygen atoms in total. The van der Waals surface area contributed by atoms with Gasteiger partial charge in [0.25, 0.3) is 5.91 Å². The Labute approximate surface area is 184 Å². The van der Waals surface area contributed by atoms with Gasteiger partial charge in [-0.1, -0.05) is 55.1 Å². The molecule has 1 saturated carbocycles. The molecule has 1 aliphatic carbocycles. The molecule has 6 heteroatoms. The van der Waals surface area contributed by atoms with Gasteiger partial charge in [-0.3, -0.25) is 4.79 Å². The highest BCUT2D eigenvalue weighted by molar-refractivity contribution is 9.10. The second-order valence-corrected chi connectivity index (χ2v) is 8.31. The number of carbonyl (C=O) groups excluding carboxylic acids is 1. The summed E-state index contributed by atoms with van der Waals surface area (Å²) in [7, 11) is 0. The van der Waals surface area contributed by atoms with E-state index < -0.39 is 0 Å². The molecule has 0 radical (unpaired) electrons. The zero-order valence-electron chi connectivity index (χ0n) is 16.0. The monoisotopic (exact) mass is 472 g/mol. The standard InChI is InChI=1S/C23H22BrClN2O2/c24-20-13-16(10-11-22(20)29-15-17-6-4-5-9-21(17)25)12-18(14-26)23(28)27-19-7-2-1-3-8-19/h4-6,9-13,19H,1-3,7-8,15H2,(H,27,28). The largest absolute Gasteiger partial charge is 0.488 e. The molecule has 2 aromatic rings. The number of hydrogen-bond acceptors (Lipinski definition) is 3. The van der Waals surface area contributed by atoms with Gasteiger partial charge >= 0.3 is 0 Å². The van der Waals surface area contributed by atoms with E-state index in [1.807, 2.05) is 42.5 Å². The number of ether oxygens (including phenoxy) is 1. The van der Waals surface area contributed by atoms with E-state index in [9.17, 15) is 10.1 Å². The lowest BCUT2D eigenvalue weighted by atomic mass is 9.95. The van der Waals surface area contributed by atoms with Crippen molar-refractivity contribution in [2.75, 3.05) is 0 Å². The SMILES string of the molecule is N#CC(=Cc1ccc(OCc2ccccc2Cl)c(Br)c1)C(=O)NC1CCCCC1. The first-order valence-electron chi connectivity index (χ1n) is 9.65. The van der Waals surface area contributed by atoms with Gasteiger partial charge in [0.2, 0.25) is 0 Å². The third-order valence-electron chi connectivity index (χ3n) is 4.91. The normalized spacial score (nSPS) is 14.9. The lowest BCUT2D eigenvalue weighted by molar-refractivity contribution is -0.117. The van der Waals surface area contributed by atoms with Crippen molar-refractivity contribution in [3.63, 3.8) is 0 Å². The van der Waals surface area contributed by atoms with E-state index in [1.54, 1.807) is 12.1 Å². The maximum absolute atomic E-state index is 12.4. The highest BCUT2D eigenvalue weighted by Crippen LogP contribution is 2.28. The molecule has 1 aliphatic rings. The molecule has 0 aliphatic heterocycles. The van der Waals surface area contributed by atoms with Gasteiger partial charge in [0, 0.05) is 16.6 Å². The number of nitrogens with one attached hydrogen (secondary N) is 1. The van der Waals surface area contributed by atoms with Crippen molar-refractivity contribution in [3.05, 3.63) is 68.7 Å². The zero-order valence-corrected chi connectivity index (χ0v) is 18.3. The van der Waals surface area contributed by atoms with Crippen LogP contribution in [-0.2, 0) is 11.4 Å². The Balaban J connectivity index is 1.66. The topological polar surface area (TPSA) is 62.1 Å². The molecular formula is C23H22BrClN2O2. The lowest BCUT2D eigenvalue weighted by Crippen LogP contribution is -2.36. The molecule has 3 rings (SSSR count). The van der Waals surface area contributed by atoms with Crippen molar-refractivity contribution in [1.82, 2.24) is 5.32 Å². The van der Waals surface area contributed by atoms with Crippen molar-refractivity contribution < 1.29 is 9.53 Å². The van der Waals surface area contributed by atoms with Crippen molar-refractivity contribution >= 4 is 39.5 Å². The zero-order chi connectivity index (χ0) is 20.6. The van der Waals surface area contributed by atoms with Crippen LogP contribution in [0.1, 0.15) is 43.2 Å². The number of carbonyl (C=O) groups is 1. The fraction of sp³-hybridized carbons (Fsp3) is 0.304. The Morgan fingerprint density at radius 3 is 2.69 bits per heavy atom. The third kappa shape index (κ3) is 6.09. The van der Waals surface area contributed by atoms with Gasteiger partial charge in [0.15, 0.2) is 0 Å². The van der Waals surface area contributed by atoms with Crippen molar-refractivity contribution in [2.24, 2.45) is 0 Å². The molecule has 0 atom stereocenters. The molecule has 2 aromatic carbocycles. The summed E-state index contributed by atoms with van der Waals surface area (Å²) in [6.07, 6.45) is 7.02. The predicted molar refractivity (Wildman–Crippen MR) is 119 cm³/mol. The average Bonchev–Trinajstić information content (AvgIpc) is 2.73. The first-order chi connectivity index (χ1) is 14.1. The van der Waals surface area contributed by atoms with Crippen molar-refractivity contribution in [3.8, 4) is 11.8 Å². The van der Waals surface area contributed by atoms with Crippen LogP contribution >= 0.6 is 27.5 Å². The fourth-order valence-electron chi connectivity index (χ4n) is 3.32. The lowest BCUT2D eigenvalue weighted by Gasteiger charge is -2.22. The first-order valence-corrected chi connectivity index (χ1v) is 10.8. The Kier molecular flexibility index (Phi) is 7.74. The molecule has 0 heterocycles. The van der Waals surface area contributed by atoms with Gasteiger partial charge in [-0.15, -0.1) is 0 Å².